The number of sulfone groups is 1. The van der Waals surface area contributed by atoms with Gasteiger partial charge < -0.3 is 4.74 Å². The summed E-state index contributed by atoms with van der Waals surface area (Å²) in [5.74, 6) is -1.43. The van der Waals surface area contributed by atoms with Crippen molar-refractivity contribution in [1.29, 1.82) is 0 Å². The minimum atomic E-state index is -4.56. The summed E-state index contributed by atoms with van der Waals surface area (Å²) < 4.78 is 71.0. The van der Waals surface area contributed by atoms with Crippen LogP contribution in [-0.2, 0) is 16.0 Å². The molecular formula is C27H30F3NO5S. The van der Waals surface area contributed by atoms with E-state index < -0.39 is 27.5 Å². The van der Waals surface area contributed by atoms with Gasteiger partial charge in [0.25, 0.3) is 11.8 Å². The van der Waals surface area contributed by atoms with E-state index in [2.05, 4.69) is 0 Å². The van der Waals surface area contributed by atoms with Crippen LogP contribution in [-0.4, -0.2) is 49.8 Å². The molecule has 4 rings (SSSR count). The molecule has 2 aliphatic rings. The number of benzene rings is 2. The van der Waals surface area contributed by atoms with Gasteiger partial charge in [0.1, 0.15) is 5.75 Å². The van der Waals surface area contributed by atoms with Gasteiger partial charge in [-0.15, -0.1) is 0 Å². The summed E-state index contributed by atoms with van der Waals surface area (Å²) in [6.07, 6.45) is -1.32. The number of rotatable bonds is 12. The van der Waals surface area contributed by atoms with Crippen LogP contribution in [0.3, 0.4) is 0 Å². The molecule has 1 heterocycles. The summed E-state index contributed by atoms with van der Waals surface area (Å²) in [6, 6.07) is 10.2. The molecule has 0 spiro atoms. The second-order valence-electron chi connectivity index (χ2n) is 9.89. The van der Waals surface area contributed by atoms with Crippen molar-refractivity contribution in [3.8, 4) is 5.75 Å². The molecule has 0 aromatic heterocycles. The molecule has 0 N–H and O–H groups in total. The van der Waals surface area contributed by atoms with E-state index in [0.29, 0.717) is 36.0 Å². The maximum atomic E-state index is 13.4. The zero-order valence-corrected chi connectivity index (χ0v) is 21.4. The van der Waals surface area contributed by atoms with Gasteiger partial charge in [0, 0.05) is 6.54 Å². The highest BCUT2D eigenvalue weighted by Crippen LogP contribution is 2.39. The number of alkyl halides is 3. The number of hydrogen-bond acceptors (Lipinski definition) is 5. The molecule has 0 unspecified atom stereocenters. The molecule has 1 aliphatic heterocycles. The SMILES string of the molecule is C[C@H](CS(=O)(=O)CCCCCN1C(=O)c2ccccc2C1=O)c1ccc(C(F)(F)F)c(OCC2CC2)c1. The maximum absolute atomic E-state index is 13.4. The molecule has 2 amide bonds. The first-order valence-corrected chi connectivity index (χ1v) is 14.3. The first kappa shape index (κ1) is 27.2. The van der Waals surface area contributed by atoms with Crippen LogP contribution in [0.2, 0.25) is 0 Å². The second-order valence-corrected chi connectivity index (χ2v) is 12.1. The summed E-state index contributed by atoms with van der Waals surface area (Å²) in [5.41, 5.74) is 0.389. The lowest BCUT2D eigenvalue weighted by molar-refractivity contribution is -0.139. The van der Waals surface area contributed by atoms with Gasteiger partial charge in [-0.05, 0) is 67.3 Å². The summed E-state index contributed by atoms with van der Waals surface area (Å²) in [6.45, 7) is 2.12. The lowest BCUT2D eigenvalue weighted by Gasteiger charge is -2.18. The standard InChI is InChI=1S/C27H30F3NO5S/c1-18(20-11-12-23(27(28,29)30)24(15-20)36-16-19-9-10-19)17-37(34,35)14-6-2-5-13-31-25(32)21-7-3-4-8-22(21)26(31)33/h3-4,7-8,11-12,15,18-19H,2,5-6,9-10,13-14,16-17H2,1H3/t18-/m1/s1. The molecule has 1 fully saturated rings. The van der Waals surface area contributed by atoms with Gasteiger partial charge in [0.2, 0.25) is 0 Å². The Kier molecular flexibility index (Phi) is 7.96. The van der Waals surface area contributed by atoms with E-state index >= 15 is 0 Å². The largest absolute Gasteiger partial charge is 0.493 e. The third-order valence-corrected chi connectivity index (χ3v) is 8.69. The zero-order valence-electron chi connectivity index (χ0n) is 20.6. The highest BCUT2D eigenvalue weighted by Gasteiger charge is 2.36. The van der Waals surface area contributed by atoms with Gasteiger partial charge in [-0.1, -0.05) is 31.5 Å². The van der Waals surface area contributed by atoms with E-state index in [4.69, 9.17) is 4.74 Å². The minimum Gasteiger partial charge on any atom is -0.493 e. The van der Waals surface area contributed by atoms with Crippen LogP contribution in [0.5, 0.6) is 5.75 Å². The van der Waals surface area contributed by atoms with Crippen molar-refractivity contribution in [3.05, 3.63) is 64.7 Å². The van der Waals surface area contributed by atoms with Gasteiger partial charge in [-0.3, -0.25) is 14.5 Å². The Morgan fingerprint density at radius 1 is 1.00 bits per heavy atom. The van der Waals surface area contributed by atoms with Crippen molar-refractivity contribution in [2.75, 3.05) is 24.7 Å². The Balaban J connectivity index is 1.27. The predicted octanol–water partition coefficient (Wildman–Crippen LogP) is 5.48. The van der Waals surface area contributed by atoms with Gasteiger partial charge in [0.05, 0.1) is 34.8 Å². The Hall–Kier alpha value is -2.88. The number of carbonyl (C=O) groups is 2. The molecule has 0 saturated heterocycles. The van der Waals surface area contributed by atoms with Crippen molar-refractivity contribution >= 4 is 21.7 Å². The fourth-order valence-electron chi connectivity index (χ4n) is 4.46. The molecule has 10 heteroatoms. The predicted molar refractivity (Wildman–Crippen MR) is 132 cm³/mol. The van der Waals surface area contributed by atoms with Crippen molar-refractivity contribution < 1.29 is 35.9 Å². The van der Waals surface area contributed by atoms with Crippen LogP contribution in [0.15, 0.2) is 42.5 Å². The fourth-order valence-corrected chi connectivity index (χ4v) is 6.23. The second kappa shape index (κ2) is 10.8. The van der Waals surface area contributed by atoms with E-state index in [0.717, 1.165) is 18.9 Å². The number of imide groups is 1. The summed E-state index contributed by atoms with van der Waals surface area (Å²) in [7, 11) is -3.47. The third kappa shape index (κ3) is 6.71. The van der Waals surface area contributed by atoms with Crippen molar-refractivity contribution in [1.82, 2.24) is 4.90 Å². The fraction of sp³-hybridized carbons (Fsp3) is 0.481. The Morgan fingerprint density at radius 3 is 2.24 bits per heavy atom. The average molecular weight is 538 g/mol. The van der Waals surface area contributed by atoms with E-state index in [1.807, 2.05) is 0 Å². The highest BCUT2D eigenvalue weighted by atomic mass is 32.2. The molecular weight excluding hydrogens is 507 g/mol. The normalized spacial score (nSPS) is 16.7. The molecule has 0 bridgehead atoms. The Morgan fingerprint density at radius 2 is 1.65 bits per heavy atom. The molecule has 37 heavy (non-hydrogen) atoms. The van der Waals surface area contributed by atoms with Crippen LogP contribution in [0.4, 0.5) is 13.2 Å². The number of amides is 2. The van der Waals surface area contributed by atoms with E-state index in [9.17, 15) is 31.2 Å². The minimum absolute atomic E-state index is 0.0782. The highest BCUT2D eigenvalue weighted by molar-refractivity contribution is 7.91. The zero-order chi connectivity index (χ0) is 26.8. The number of carbonyl (C=O) groups excluding carboxylic acids is 2. The van der Waals surface area contributed by atoms with Crippen LogP contribution in [0.1, 0.15) is 76.8 Å². The third-order valence-electron chi connectivity index (χ3n) is 6.77. The molecule has 6 nitrogen and oxygen atoms in total. The summed E-state index contributed by atoms with van der Waals surface area (Å²) >= 11 is 0. The quantitative estimate of drug-likeness (QED) is 0.265. The average Bonchev–Trinajstić information content (AvgIpc) is 3.64. The van der Waals surface area contributed by atoms with Crippen molar-refractivity contribution in [3.63, 3.8) is 0 Å². The number of halogens is 3. The van der Waals surface area contributed by atoms with Gasteiger partial charge in [-0.2, -0.15) is 13.2 Å². The van der Waals surface area contributed by atoms with E-state index in [1.165, 1.54) is 17.0 Å². The van der Waals surface area contributed by atoms with Crippen LogP contribution in [0, 0.1) is 5.92 Å². The number of nitrogens with zero attached hydrogens (tertiary/aromatic N) is 1. The number of hydrogen-bond donors (Lipinski definition) is 0. The molecule has 1 saturated carbocycles. The number of ether oxygens (including phenoxy) is 1. The van der Waals surface area contributed by atoms with Crippen LogP contribution in [0.25, 0.3) is 0 Å². The van der Waals surface area contributed by atoms with Gasteiger partial charge >= 0.3 is 6.18 Å². The number of unbranched alkanes of at least 4 members (excludes halogenated alkanes) is 2. The monoisotopic (exact) mass is 537 g/mol. The molecule has 2 aromatic rings. The van der Waals surface area contributed by atoms with Gasteiger partial charge in [0.15, 0.2) is 9.84 Å². The lowest BCUT2D eigenvalue weighted by Crippen LogP contribution is -2.30. The topological polar surface area (TPSA) is 80.8 Å². The first-order chi connectivity index (χ1) is 17.5. The van der Waals surface area contributed by atoms with Crippen molar-refractivity contribution in [2.24, 2.45) is 5.92 Å². The van der Waals surface area contributed by atoms with E-state index in [-0.39, 0.29) is 48.1 Å². The van der Waals surface area contributed by atoms with Gasteiger partial charge in [-0.25, -0.2) is 8.42 Å². The van der Waals surface area contributed by atoms with Crippen LogP contribution < -0.4 is 4.74 Å². The molecule has 1 atom stereocenters. The molecule has 2 aromatic carbocycles. The maximum Gasteiger partial charge on any atom is 0.419 e. The summed E-state index contributed by atoms with van der Waals surface area (Å²) in [5, 5.41) is 0. The molecule has 200 valence electrons. The molecule has 0 radical (unpaired) electrons. The van der Waals surface area contributed by atoms with E-state index in [1.54, 1.807) is 31.2 Å². The lowest BCUT2D eigenvalue weighted by atomic mass is 10.0. The number of fused-ring (bicyclic) bond motifs is 1. The van der Waals surface area contributed by atoms with Crippen molar-refractivity contribution in [2.45, 2.75) is 51.1 Å². The smallest absolute Gasteiger partial charge is 0.419 e. The Labute approximate surface area is 214 Å². The van der Waals surface area contributed by atoms with Crippen LogP contribution >= 0.6 is 0 Å². The summed E-state index contributed by atoms with van der Waals surface area (Å²) in [4.78, 5) is 26.0. The Bertz CT molecular complexity index is 1240. The first-order valence-electron chi connectivity index (χ1n) is 12.5. The molecule has 1 aliphatic carbocycles.